The summed E-state index contributed by atoms with van der Waals surface area (Å²) in [6, 6.07) is 0. The Morgan fingerprint density at radius 1 is 1.10 bits per heavy atom. The molecule has 1 aromatic heterocycles. The summed E-state index contributed by atoms with van der Waals surface area (Å²) in [6.07, 6.45) is 5.92. The Hall–Kier alpha value is -1.16. The van der Waals surface area contributed by atoms with Crippen molar-refractivity contribution in [2.24, 2.45) is 5.92 Å². The van der Waals surface area contributed by atoms with Crippen LogP contribution in [0.3, 0.4) is 0 Å². The first-order chi connectivity index (χ1) is 10.2. The number of nitrogens with one attached hydrogen (secondary N) is 1. The number of hydrogen-bond donors (Lipinski definition) is 1. The van der Waals surface area contributed by atoms with Gasteiger partial charge in [-0.3, -0.25) is 0 Å². The summed E-state index contributed by atoms with van der Waals surface area (Å²) in [5.41, 5.74) is 2.57. The van der Waals surface area contributed by atoms with Crippen molar-refractivity contribution in [1.82, 2.24) is 9.97 Å². The lowest BCUT2D eigenvalue weighted by Gasteiger charge is -2.22. The molecule has 4 nitrogen and oxygen atoms in total. The Labute approximate surface area is 128 Å². The summed E-state index contributed by atoms with van der Waals surface area (Å²) < 4.78 is 5.89. The highest BCUT2D eigenvalue weighted by Gasteiger charge is 2.23. The van der Waals surface area contributed by atoms with Crippen molar-refractivity contribution >= 4 is 5.82 Å². The number of nitrogens with zero attached hydrogens (tertiary/aromatic N) is 2. The van der Waals surface area contributed by atoms with E-state index < -0.39 is 0 Å². The second-order valence-electron chi connectivity index (χ2n) is 6.07. The molecule has 0 spiro atoms. The zero-order valence-corrected chi connectivity index (χ0v) is 13.9. The molecule has 0 saturated heterocycles. The topological polar surface area (TPSA) is 47.0 Å². The van der Waals surface area contributed by atoms with Gasteiger partial charge >= 0.3 is 0 Å². The number of rotatable bonds is 6. The molecular formula is C17H29N3O. The minimum atomic E-state index is -0.0130. The van der Waals surface area contributed by atoms with Crippen LogP contribution in [0.5, 0.6) is 0 Å². The van der Waals surface area contributed by atoms with Gasteiger partial charge in [0.2, 0.25) is 0 Å². The standard InChI is InChI=1S/C17H29N3O/c1-5-18-16-13-10-8-7-9-11-14(13)19-17(20-16)15(12(3)4)21-6-2/h12,15H,5-11H2,1-4H3,(H,18,19,20). The molecule has 0 aliphatic heterocycles. The second kappa shape index (κ2) is 7.74. The molecule has 21 heavy (non-hydrogen) atoms. The van der Waals surface area contributed by atoms with Gasteiger partial charge in [0.1, 0.15) is 11.9 Å². The van der Waals surface area contributed by atoms with Gasteiger partial charge in [-0.25, -0.2) is 9.97 Å². The fraction of sp³-hybridized carbons (Fsp3) is 0.765. The Bertz CT molecular complexity index is 460. The van der Waals surface area contributed by atoms with Crippen LogP contribution >= 0.6 is 0 Å². The minimum absolute atomic E-state index is 0.0130. The van der Waals surface area contributed by atoms with Crippen LogP contribution in [0.1, 0.15) is 70.1 Å². The molecule has 0 amide bonds. The van der Waals surface area contributed by atoms with E-state index in [1.807, 2.05) is 6.92 Å². The maximum atomic E-state index is 5.89. The molecule has 1 N–H and O–H groups in total. The highest BCUT2D eigenvalue weighted by Crippen LogP contribution is 2.29. The van der Waals surface area contributed by atoms with Gasteiger partial charge in [0.05, 0.1) is 0 Å². The summed E-state index contributed by atoms with van der Waals surface area (Å²) in [5, 5.41) is 3.43. The van der Waals surface area contributed by atoms with Crippen molar-refractivity contribution < 1.29 is 4.74 Å². The van der Waals surface area contributed by atoms with Gasteiger partial charge in [-0.2, -0.15) is 0 Å². The SMILES string of the molecule is CCNc1nc(C(OCC)C(C)C)nc2c1CCCCC2. The average molecular weight is 291 g/mol. The highest BCUT2D eigenvalue weighted by atomic mass is 16.5. The van der Waals surface area contributed by atoms with Crippen molar-refractivity contribution in [2.75, 3.05) is 18.5 Å². The predicted molar refractivity (Wildman–Crippen MR) is 86.7 cm³/mol. The molecule has 1 unspecified atom stereocenters. The monoisotopic (exact) mass is 291 g/mol. The third-order valence-corrected chi connectivity index (χ3v) is 4.00. The lowest BCUT2D eigenvalue weighted by molar-refractivity contribution is 0.0231. The number of ether oxygens (including phenoxy) is 1. The van der Waals surface area contributed by atoms with E-state index in [1.165, 1.54) is 30.5 Å². The maximum Gasteiger partial charge on any atom is 0.160 e. The number of aromatic nitrogens is 2. The maximum absolute atomic E-state index is 5.89. The Kier molecular flexibility index (Phi) is 5.97. The lowest BCUT2D eigenvalue weighted by atomic mass is 10.0. The number of aryl methyl sites for hydroxylation is 1. The van der Waals surface area contributed by atoms with E-state index in [0.717, 1.165) is 31.0 Å². The van der Waals surface area contributed by atoms with Crippen molar-refractivity contribution in [3.63, 3.8) is 0 Å². The third-order valence-electron chi connectivity index (χ3n) is 4.00. The molecular weight excluding hydrogens is 262 g/mol. The summed E-state index contributed by atoms with van der Waals surface area (Å²) in [6.45, 7) is 10.1. The van der Waals surface area contributed by atoms with Crippen molar-refractivity contribution in [3.8, 4) is 0 Å². The minimum Gasteiger partial charge on any atom is -0.370 e. The number of fused-ring (bicyclic) bond motifs is 1. The molecule has 1 aliphatic rings. The van der Waals surface area contributed by atoms with E-state index in [2.05, 4.69) is 26.1 Å². The smallest absolute Gasteiger partial charge is 0.160 e. The Balaban J connectivity index is 2.42. The molecule has 0 bridgehead atoms. The van der Waals surface area contributed by atoms with E-state index in [4.69, 9.17) is 14.7 Å². The second-order valence-corrected chi connectivity index (χ2v) is 6.07. The van der Waals surface area contributed by atoms with Gasteiger partial charge in [-0.1, -0.05) is 20.3 Å². The molecule has 118 valence electrons. The van der Waals surface area contributed by atoms with Crippen molar-refractivity contribution in [3.05, 3.63) is 17.1 Å². The fourth-order valence-electron chi connectivity index (χ4n) is 2.98. The van der Waals surface area contributed by atoms with Crippen LogP contribution in [-0.2, 0) is 17.6 Å². The van der Waals surface area contributed by atoms with Crippen LogP contribution in [0, 0.1) is 5.92 Å². The van der Waals surface area contributed by atoms with Crippen molar-refractivity contribution in [1.29, 1.82) is 0 Å². The molecule has 1 heterocycles. The van der Waals surface area contributed by atoms with Gasteiger partial charge < -0.3 is 10.1 Å². The van der Waals surface area contributed by atoms with E-state index in [1.54, 1.807) is 0 Å². The molecule has 0 saturated carbocycles. The number of hydrogen-bond acceptors (Lipinski definition) is 4. The summed E-state index contributed by atoms with van der Waals surface area (Å²) in [4.78, 5) is 9.69. The quantitative estimate of drug-likeness (QED) is 0.807. The normalized spacial score (nSPS) is 16.4. The van der Waals surface area contributed by atoms with Crippen LogP contribution in [0.2, 0.25) is 0 Å². The van der Waals surface area contributed by atoms with Gasteiger partial charge in [0.25, 0.3) is 0 Å². The van der Waals surface area contributed by atoms with Crippen LogP contribution in [0.15, 0.2) is 0 Å². The van der Waals surface area contributed by atoms with Crippen LogP contribution in [0.25, 0.3) is 0 Å². The van der Waals surface area contributed by atoms with Gasteiger partial charge in [0, 0.05) is 24.4 Å². The van der Waals surface area contributed by atoms with E-state index in [0.29, 0.717) is 12.5 Å². The predicted octanol–water partition coefficient (Wildman–Crippen LogP) is 3.91. The molecule has 0 aromatic carbocycles. The lowest BCUT2D eigenvalue weighted by Crippen LogP contribution is -2.18. The molecule has 1 atom stereocenters. The van der Waals surface area contributed by atoms with Gasteiger partial charge in [-0.05, 0) is 45.4 Å². The first kappa shape index (κ1) is 16.2. The molecule has 0 radical (unpaired) electrons. The molecule has 0 fully saturated rings. The van der Waals surface area contributed by atoms with Crippen LogP contribution in [-0.4, -0.2) is 23.1 Å². The molecule has 1 aliphatic carbocycles. The third kappa shape index (κ3) is 3.94. The molecule has 4 heteroatoms. The zero-order chi connectivity index (χ0) is 15.2. The van der Waals surface area contributed by atoms with Crippen LogP contribution in [0.4, 0.5) is 5.82 Å². The van der Waals surface area contributed by atoms with Gasteiger partial charge in [-0.15, -0.1) is 0 Å². The number of anilines is 1. The fourth-order valence-corrected chi connectivity index (χ4v) is 2.98. The van der Waals surface area contributed by atoms with Crippen LogP contribution < -0.4 is 5.32 Å². The Morgan fingerprint density at radius 2 is 1.86 bits per heavy atom. The first-order valence-corrected chi connectivity index (χ1v) is 8.42. The van der Waals surface area contributed by atoms with Gasteiger partial charge in [0.15, 0.2) is 5.82 Å². The summed E-state index contributed by atoms with van der Waals surface area (Å²) in [5.74, 6) is 2.26. The van der Waals surface area contributed by atoms with Crippen molar-refractivity contribution in [2.45, 2.75) is 65.9 Å². The van der Waals surface area contributed by atoms with E-state index >= 15 is 0 Å². The Morgan fingerprint density at radius 3 is 2.52 bits per heavy atom. The largest absolute Gasteiger partial charge is 0.370 e. The highest BCUT2D eigenvalue weighted by molar-refractivity contribution is 5.47. The molecule has 2 rings (SSSR count). The summed E-state index contributed by atoms with van der Waals surface area (Å²) >= 11 is 0. The zero-order valence-electron chi connectivity index (χ0n) is 13.9. The summed E-state index contributed by atoms with van der Waals surface area (Å²) in [7, 11) is 0. The molecule has 1 aromatic rings. The first-order valence-electron chi connectivity index (χ1n) is 8.42. The van der Waals surface area contributed by atoms with E-state index in [-0.39, 0.29) is 6.10 Å². The van der Waals surface area contributed by atoms with E-state index in [9.17, 15) is 0 Å². The average Bonchev–Trinajstić information content (AvgIpc) is 2.70.